The van der Waals surface area contributed by atoms with Crippen LogP contribution < -0.4 is 0 Å². The van der Waals surface area contributed by atoms with E-state index in [-0.39, 0.29) is 0 Å². The Morgan fingerprint density at radius 1 is 1.28 bits per heavy atom. The molecule has 3 rings (SSSR count). The maximum absolute atomic E-state index is 5.34. The number of aryl methyl sites for hydroxylation is 2. The molecular formula is C21H29N3O. The Morgan fingerprint density at radius 2 is 2.04 bits per heavy atom. The highest BCUT2D eigenvalue weighted by Gasteiger charge is 2.19. The fourth-order valence-electron chi connectivity index (χ4n) is 3.80. The molecule has 0 spiro atoms. The average Bonchev–Trinajstić information content (AvgIpc) is 2.90. The van der Waals surface area contributed by atoms with Crippen LogP contribution in [-0.2, 0) is 4.74 Å². The van der Waals surface area contributed by atoms with Crippen LogP contribution >= 0.6 is 0 Å². The van der Waals surface area contributed by atoms with Crippen LogP contribution in [0.3, 0.4) is 0 Å². The molecule has 0 aromatic carbocycles. The zero-order valence-corrected chi connectivity index (χ0v) is 16.3. The van der Waals surface area contributed by atoms with Gasteiger partial charge < -0.3 is 14.2 Å². The van der Waals surface area contributed by atoms with Crippen molar-refractivity contribution in [1.82, 2.24) is 14.5 Å². The second-order valence-electron chi connectivity index (χ2n) is 7.04. The molecule has 4 heteroatoms. The van der Waals surface area contributed by atoms with Gasteiger partial charge in [-0.2, -0.15) is 0 Å². The van der Waals surface area contributed by atoms with Crippen molar-refractivity contribution < 1.29 is 4.74 Å². The lowest BCUT2D eigenvalue weighted by molar-refractivity contribution is 0.164. The Labute approximate surface area is 150 Å². The lowest BCUT2D eigenvalue weighted by Gasteiger charge is -2.27. The highest BCUT2D eigenvalue weighted by Crippen LogP contribution is 2.32. The van der Waals surface area contributed by atoms with Gasteiger partial charge in [-0.15, -0.1) is 0 Å². The quantitative estimate of drug-likeness (QED) is 0.804. The van der Waals surface area contributed by atoms with Gasteiger partial charge in [0.2, 0.25) is 0 Å². The largest absolute Gasteiger partial charge is 0.383 e. The molecule has 0 saturated carbocycles. The normalized spacial score (nSPS) is 16.2. The molecule has 0 radical (unpaired) electrons. The van der Waals surface area contributed by atoms with E-state index in [1.165, 1.54) is 27.9 Å². The number of nitrogens with zero attached hydrogens (tertiary/aromatic N) is 3. The predicted octanol–water partition coefficient (Wildman–Crippen LogP) is 4.48. The topological polar surface area (TPSA) is 30.3 Å². The molecule has 1 atom stereocenters. The number of methoxy groups -OCH3 is 1. The first-order chi connectivity index (χ1) is 12.0. The van der Waals surface area contributed by atoms with Crippen molar-refractivity contribution in [2.75, 3.05) is 27.3 Å². The molecule has 25 heavy (non-hydrogen) atoms. The summed E-state index contributed by atoms with van der Waals surface area (Å²) in [6, 6.07) is 2.57. The molecule has 2 aromatic rings. The number of aromatic nitrogens is 2. The Morgan fingerprint density at radius 3 is 2.72 bits per heavy atom. The number of pyridine rings is 1. The van der Waals surface area contributed by atoms with E-state index in [1.807, 2.05) is 0 Å². The summed E-state index contributed by atoms with van der Waals surface area (Å²) in [5.41, 5.74) is 8.44. The van der Waals surface area contributed by atoms with Gasteiger partial charge in [-0.05, 0) is 44.4 Å². The van der Waals surface area contributed by atoms with E-state index in [2.05, 4.69) is 68.6 Å². The minimum absolute atomic E-state index is 0.291. The third-order valence-electron chi connectivity index (χ3n) is 5.09. The Hall–Kier alpha value is -2.07. The van der Waals surface area contributed by atoms with Crippen LogP contribution in [0.5, 0.6) is 0 Å². The second kappa shape index (κ2) is 7.04. The van der Waals surface area contributed by atoms with Crippen molar-refractivity contribution in [3.63, 3.8) is 0 Å². The summed E-state index contributed by atoms with van der Waals surface area (Å²) < 4.78 is 7.63. The molecule has 0 amide bonds. The first-order valence-corrected chi connectivity index (χ1v) is 9.06. The van der Waals surface area contributed by atoms with Crippen LogP contribution in [-0.4, -0.2) is 41.8 Å². The molecule has 0 N–H and O–H groups in total. The van der Waals surface area contributed by atoms with Crippen LogP contribution in [0.1, 0.15) is 43.1 Å². The monoisotopic (exact) mass is 339 g/mol. The van der Waals surface area contributed by atoms with Gasteiger partial charge in [0, 0.05) is 38.2 Å². The Balaban J connectivity index is 2.18. The van der Waals surface area contributed by atoms with Gasteiger partial charge in [0.1, 0.15) is 0 Å². The van der Waals surface area contributed by atoms with Gasteiger partial charge in [-0.1, -0.05) is 19.1 Å². The summed E-state index contributed by atoms with van der Waals surface area (Å²) in [6.07, 6.45) is 7.67. The molecule has 0 aliphatic carbocycles. The third kappa shape index (κ3) is 3.11. The van der Waals surface area contributed by atoms with Crippen molar-refractivity contribution in [3.8, 4) is 0 Å². The maximum Gasteiger partial charge on any atom is 0.0917 e. The van der Waals surface area contributed by atoms with Gasteiger partial charge in [0.25, 0.3) is 0 Å². The summed E-state index contributed by atoms with van der Waals surface area (Å²) in [6.45, 7) is 10.4. The fourth-order valence-corrected chi connectivity index (χ4v) is 3.80. The number of ether oxygens (including phenoxy) is 1. The Bertz CT molecular complexity index is 844. The highest BCUT2D eigenvalue weighted by molar-refractivity contribution is 5.86. The van der Waals surface area contributed by atoms with Crippen molar-refractivity contribution in [2.45, 2.75) is 40.2 Å². The molecule has 0 unspecified atom stereocenters. The lowest BCUT2D eigenvalue weighted by Crippen LogP contribution is -2.21. The SMILES string of the molecule is CCC1=C(c2nc3c(C)cn([C@@H](C)COC)c3cc2C)C=CCN1C. The minimum atomic E-state index is 0.291. The summed E-state index contributed by atoms with van der Waals surface area (Å²) in [7, 11) is 3.91. The maximum atomic E-state index is 5.34. The molecule has 4 nitrogen and oxygen atoms in total. The van der Waals surface area contributed by atoms with Crippen molar-refractivity contribution in [1.29, 1.82) is 0 Å². The number of rotatable bonds is 5. The zero-order chi connectivity index (χ0) is 18.1. The standard InChI is InChI=1S/C21H29N3O/c1-7-18-17(9-8-10-23(18)5)20-14(2)11-19-21(22-20)15(3)12-24(19)16(4)13-25-6/h8-9,11-12,16H,7,10,13H2,1-6H3/t16-/m0/s1. The smallest absolute Gasteiger partial charge is 0.0917 e. The first kappa shape index (κ1) is 17.7. The van der Waals surface area contributed by atoms with E-state index < -0.39 is 0 Å². The molecule has 2 aromatic heterocycles. The molecule has 0 bridgehead atoms. The van der Waals surface area contributed by atoms with Crippen LogP contribution in [0.4, 0.5) is 0 Å². The number of hydrogen-bond acceptors (Lipinski definition) is 3. The van der Waals surface area contributed by atoms with Gasteiger partial charge in [-0.25, -0.2) is 4.98 Å². The number of fused-ring (bicyclic) bond motifs is 1. The van der Waals surface area contributed by atoms with Crippen LogP contribution in [0.15, 0.2) is 30.1 Å². The van der Waals surface area contributed by atoms with Crippen LogP contribution in [0, 0.1) is 13.8 Å². The summed E-state index contributed by atoms with van der Waals surface area (Å²) in [5.74, 6) is 0. The zero-order valence-electron chi connectivity index (χ0n) is 16.3. The first-order valence-electron chi connectivity index (χ1n) is 9.06. The van der Waals surface area contributed by atoms with E-state index in [1.54, 1.807) is 7.11 Å². The molecule has 1 aliphatic heterocycles. The number of allylic oxidation sites excluding steroid dienone is 3. The van der Waals surface area contributed by atoms with Gasteiger partial charge >= 0.3 is 0 Å². The lowest BCUT2D eigenvalue weighted by atomic mass is 9.99. The second-order valence-corrected chi connectivity index (χ2v) is 7.04. The summed E-state index contributed by atoms with van der Waals surface area (Å²) in [5, 5.41) is 0. The highest BCUT2D eigenvalue weighted by atomic mass is 16.5. The van der Waals surface area contributed by atoms with E-state index in [9.17, 15) is 0 Å². The van der Waals surface area contributed by atoms with Crippen LogP contribution in [0.25, 0.3) is 16.6 Å². The summed E-state index contributed by atoms with van der Waals surface area (Å²) in [4.78, 5) is 7.42. The molecule has 3 heterocycles. The molecule has 134 valence electrons. The van der Waals surface area contributed by atoms with E-state index in [4.69, 9.17) is 9.72 Å². The van der Waals surface area contributed by atoms with E-state index >= 15 is 0 Å². The van der Waals surface area contributed by atoms with Crippen molar-refractivity contribution >= 4 is 16.6 Å². The number of hydrogen-bond donors (Lipinski definition) is 0. The molecule has 0 fully saturated rings. The van der Waals surface area contributed by atoms with Crippen molar-refractivity contribution in [2.24, 2.45) is 0 Å². The predicted molar refractivity (Wildman–Crippen MR) is 105 cm³/mol. The third-order valence-corrected chi connectivity index (χ3v) is 5.09. The average molecular weight is 339 g/mol. The van der Waals surface area contributed by atoms with E-state index in [0.29, 0.717) is 12.6 Å². The van der Waals surface area contributed by atoms with Crippen molar-refractivity contribution in [3.05, 3.63) is 46.9 Å². The van der Waals surface area contributed by atoms with Crippen LogP contribution in [0.2, 0.25) is 0 Å². The Kier molecular flexibility index (Phi) is 5.00. The van der Waals surface area contributed by atoms with Gasteiger partial charge in [0.05, 0.1) is 29.4 Å². The number of likely N-dealkylation sites (N-methyl/N-ethyl adjacent to an activating group) is 1. The van der Waals surface area contributed by atoms with E-state index in [0.717, 1.165) is 24.2 Å². The molecule has 0 saturated heterocycles. The summed E-state index contributed by atoms with van der Waals surface area (Å²) >= 11 is 0. The van der Waals surface area contributed by atoms with Gasteiger partial charge in [-0.3, -0.25) is 0 Å². The minimum Gasteiger partial charge on any atom is -0.383 e. The fraction of sp³-hybridized carbons (Fsp3) is 0.476. The van der Waals surface area contributed by atoms with Gasteiger partial charge in [0.15, 0.2) is 0 Å². The molecular weight excluding hydrogens is 310 g/mol. The molecule has 1 aliphatic rings.